The van der Waals surface area contributed by atoms with Gasteiger partial charge in [0.1, 0.15) is 23.5 Å². The van der Waals surface area contributed by atoms with E-state index in [2.05, 4.69) is 22.0 Å². The van der Waals surface area contributed by atoms with E-state index >= 15 is 0 Å². The summed E-state index contributed by atoms with van der Waals surface area (Å²) in [5.74, 6) is 1.42. The number of thiophene rings is 1. The van der Waals surface area contributed by atoms with Crippen molar-refractivity contribution in [3.05, 3.63) is 50.9 Å². The zero-order chi connectivity index (χ0) is 19.4. The summed E-state index contributed by atoms with van der Waals surface area (Å²) in [5, 5.41) is 6.49. The molecule has 5 rings (SSSR count). The van der Waals surface area contributed by atoms with Gasteiger partial charge in [-0.25, -0.2) is 14.5 Å². The summed E-state index contributed by atoms with van der Waals surface area (Å²) in [5.41, 5.74) is 4.25. The number of halogens is 1. The molecule has 1 aliphatic heterocycles. The van der Waals surface area contributed by atoms with Gasteiger partial charge in [-0.2, -0.15) is 0 Å². The standard InChI is InChI=1S/C20H20ClN5OS/c1-11-6-13(7-12(2)18(11)21)27-9-16-23-19-17-14-4-5-25(3)8-15(14)28-20(17)22-10-26(19)24-16/h6-7,10H,4-5,8-9H2,1-3H3. The number of rotatable bonds is 3. The van der Waals surface area contributed by atoms with Crippen LogP contribution in [0.4, 0.5) is 0 Å². The number of fused-ring (bicyclic) bond motifs is 5. The summed E-state index contributed by atoms with van der Waals surface area (Å²) >= 11 is 8.00. The molecule has 28 heavy (non-hydrogen) atoms. The van der Waals surface area contributed by atoms with Crippen molar-refractivity contribution in [2.24, 2.45) is 0 Å². The van der Waals surface area contributed by atoms with Gasteiger partial charge in [0.05, 0.1) is 5.39 Å². The Hall–Kier alpha value is -2.22. The number of benzene rings is 1. The van der Waals surface area contributed by atoms with Gasteiger partial charge in [0.2, 0.25) is 0 Å². The molecule has 1 aliphatic rings. The van der Waals surface area contributed by atoms with Crippen molar-refractivity contribution in [1.82, 2.24) is 24.5 Å². The van der Waals surface area contributed by atoms with Crippen molar-refractivity contribution in [3.63, 3.8) is 0 Å². The second-order valence-corrected chi connectivity index (χ2v) is 8.83. The first kappa shape index (κ1) is 17.8. The number of hydrogen-bond donors (Lipinski definition) is 0. The maximum absolute atomic E-state index is 6.24. The Morgan fingerprint density at radius 1 is 1.25 bits per heavy atom. The minimum atomic E-state index is 0.304. The summed E-state index contributed by atoms with van der Waals surface area (Å²) in [4.78, 5) is 14.1. The van der Waals surface area contributed by atoms with Crippen LogP contribution in [0.2, 0.25) is 5.02 Å². The fourth-order valence-corrected chi connectivity index (χ4v) is 5.13. The van der Waals surface area contributed by atoms with Crippen molar-refractivity contribution in [2.75, 3.05) is 13.6 Å². The smallest absolute Gasteiger partial charge is 0.189 e. The molecule has 0 saturated heterocycles. The van der Waals surface area contributed by atoms with E-state index in [1.807, 2.05) is 26.0 Å². The zero-order valence-electron chi connectivity index (χ0n) is 16.0. The average molecular weight is 414 g/mol. The molecule has 3 aromatic heterocycles. The minimum Gasteiger partial charge on any atom is -0.486 e. The molecule has 8 heteroatoms. The molecule has 0 fully saturated rings. The third-order valence-electron chi connectivity index (χ3n) is 5.19. The van der Waals surface area contributed by atoms with Crippen LogP contribution < -0.4 is 4.74 Å². The van der Waals surface area contributed by atoms with Gasteiger partial charge < -0.3 is 9.64 Å². The van der Waals surface area contributed by atoms with Gasteiger partial charge in [-0.3, -0.25) is 0 Å². The Balaban J connectivity index is 1.49. The highest BCUT2D eigenvalue weighted by atomic mass is 35.5. The van der Waals surface area contributed by atoms with Gasteiger partial charge in [0.15, 0.2) is 11.5 Å². The Bertz CT molecular complexity index is 1190. The van der Waals surface area contributed by atoms with Crippen molar-refractivity contribution in [2.45, 2.75) is 33.4 Å². The van der Waals surface area contributed by atoms with Gasteiger partial charge in [-0.1, -0.05) is 11.6 Å². The molecule has 1 aromatic carbocycles. The van der Waals surface area contributed by atoms with E-state index in [0.29, 0.717) is 12.4 Å². The van der Waals surface area contributed by atoms with E-state index in [1.165, 1.54) is 10.4 Å². The van der Waals surface area contributed by atoms with Gasteiger partial charge in [0, 0.05) is 23.0 Å². The summed E-state index contributed by atoms with van der Waals surface area (Å²) in [6.07, 6.45) is 2.77. The normalized spacial score (nSPS) is 14.7. The first-order chi connectivity index (χ1) is 13.5. The van der Waals surface area contributed by atoms with Crippen LogP contribution in [-0.2, 0) is 19.6 Å². The molecule has 0 atom stereocenters. The number of hydrogen-bond acceptors (Lipinski definition) is 6. The van der Waals surface area contributed by atoms with E-state index < -0.39 is 0 Å². The maximum Gasteiger partial charge on any atom is 0.189 e. The first-order valence-corrected chi connectivity index (χ1v) is 10.4. The third-order valence-corrected chi connectivity index (χ3v) is 6.91. The Labute approximate surface area is 171 Å². The lowest BCUT2D eigenvalue weighted by Gasteiger charge is -2.21. The monoisotopic (exact) mass is 413 g/mol. The first-order valence-electron chi connectivity index (χ1n) is 9.22. The Morgan fingerprint density at radius 3 is 2.82 bits per heavy atom. The van der Waals surface area contributed by atoms with E-state index in [0.717, 1.165) is 57.3 Å². The highest BCUT2D eigenvalue weighted by Gasteiger charge is 2.22. The van der Waals surface area contributed by atoms with Gasteiger partial charge in [0.25, 0.3) is 0 Å². The van der Waals surface area contributed by atoms with Crippen LogP contribution in [0.1, 0.15) is 27.4 Å². The lowest BCUT2D eigenvalue weighted by molar-refractivity contribution is 0.295. The molecule has 144 valence electrons. The molecule has 0 bridgehead atoms. The number of ether oxygens (including phenoxy) is 1. The average Bonchev–Trinajstić information content (AvgIpc) is 3.23. The van der Waals surface area contributed by atoms with E-state index in [4.69, 9.17) is 21.3 Å². The highest BCUT2D eigenvalue weighted by Crippen LogP contribution is 2.35. The molecule has 0 radical (unpaired) electrons. The second kappa shape index (κ2) is 6.69. The molecule has 0 saturated carbocycles. The lowest BCUT2D eigenvalue weighted by Crippen LogP contribution is -2.25. The van der Waals surface area contributed by atoms with Crippen LogP contribution in [0.15, 0.2) is 18.5 Å². The number of likely N-dealkylation sites (N-methyl/N-ethyl adjacent to an activating group) is 1. The summed E-state index contributed by atoms with van der Waals surface area (Å²) in [6, 6.07) is 3.88. The largest absolute Gasteiger partial charge is 0.486 e. The Morgan fingerprint density at radius 2 is 2.04 bits per heavy atom. The van der Waals surface area contributed by atoms with Crippen LogP contribution in [0.3, 0.4) is 0 Å². The van der Waals surface area contributed by atoms with E-state index in [1.54, 1.807) is 22.2 Å². The quantitative estimate of drug-likeness (QED) is 0.504. The van der Waals surface area contributed by atoms with Gasteiger partial charge in [-0.15, -0.1) is 16.4 Å². The molecule has 0 amide bonds. The fourth-order valence-electron chi connectivity index (χ4n) is 3.76. The summed E-state index contributed by atoms with van der Waals surface area (Å²) in [7, 11) is 2.16. The van der Waals surface area contributed by atoms with Crippen LogP contribution in [-0.4, -0.2) is 38.1 Å². The second-order valence-electron chi connectivity index (χ2n) is 7.37. The number of aryl methyl sites for hydroxylation is 2. The van der Waals surface area contributed by atoms with Crippen LogP contribution in [0.5, 0.6) is 5.75 Å². The van der Waals surface area contributed by atoms with Crippen LogP contribution in [0, 0.1) is 13.8 Å². The molecular formula is C20H20ClN5OS. The molecule has 0 unspecified atom stereocenters. The summed E-state index contributed by atoms with van der Waals surface area (Å²) in [6.45, 7) is 6.29. The SMILES string of the molecule is Cc1cc(OCc2nc3c4c5c(sc4ncn3n2)CN(C)CC5)cc(C)c1Cl. The van der Waals surface area contributed by atoms with Gasteiger partial charge in [-0.05, 0) is 56.1 Å². The molecule has 4 heterocycles. The fraction of sp³-hybridized carbons (Fsp3) is 0.350. The molecule has 0 spiro atoms. The highest BCUT2D eigenvalue weighted by molar-refractivity contribution is 7.19. The van der Waals surface area contributed by atoms with Crippen molar-refractivity contribution < 1.29 is 4.74 Å². The zero-order valence-corrected chi connectivity index (χ0v) is 17.6. The van der Waals surface area contributed by atoms with Crippen molar-refractivity contribution in [1.29, 1.82) is 0 Å². The number of aromatic nitrogens is 4. The topological polar surface area (TPSA) is 55.6 Å². The predicted octanol–water partition coefficient (Wildman–Crippen LogP) is 4.18. The van der Waals surface area contributed by atoms with E-state index in [9.17, 15) is 0 Å². The predicted molar refractivity (Wildman–Crippen MR) is 111 cm³/mol. The van der Waals surface area contributed by atoms with Crippen molar-refractivity contribution in [3.8, 4) is 5.75 Å². The van der Waals surface area contributed by atoms with Crippen LogP contribution in [0.25, 0.3) is 15.9 Å². The molecule has 0 N–H and O–H groups in total. The van der Waals surface area contributed by atoms with E-state index in [-0.39, 0.29) is 0 Å². The Kier molecular flexibility index (Phi) is 4.26. The van der Waals surface area contributed by atoms with Gasteiger partial charge >= 0.3 is 0 Å². The minimum absolute atomic E-state index is 0.304. The molecular weight excluding hydrogens is 394 g/mol. The number of nitrogens with zero attached hydrogens (tertiary/aromatic N) is 5. The van der Waals surface area contributed by atoms with Crippen LogP contribution >= 0.6 is 22.9 Å². The third kappa shape index (κ3) is 2.94. The lowest BCUT2D eigenvalue weighted by atomic mass is 10.1. The van der Waals surface area contributed by atoms with Crippen molar-refractivity contribution >= 4 is 38.8 Å². The summed E-state index contributed by atoms with van der Waals surface area (Å²) < 4.78 is 7.71. The molecule has 0 aliphatic carbocycles. The molecule has 4 aromatic rings. The maximum atomic E-state index is 6.24. The molecule has 6 nitrogen and oxygen atoms in total.